The van der Waals surface area contributed by atoms with Crippen molar-refractivity contribution in [2.24, 2.45) is 17.3 Å². The number of carboxylic acids is 1. The smallest absolute Gasteiger partial charge is 0.317 e. The molecule has 5 nitrogen and oxygen atoms in total. The molecule has 0 aromatic carbocycles. The first-order valence-electron chi connectivity index (χ1n) is 8.12. The molecule has 0 radical (unpaired) electrons. The summed E-state index contributed by atoms with van der Waals surface area (Å²) in [7, 11) is 0. The number of nitrogens with zero attached hydrogens (tertiary/aromatic N) is 1. The number of rotatable bonds is 2. The summed E-state index contributed by atoms with van der Waals surface area (Å²) in [6.45, 7) is 7.31. The van der Waals surface area contributed by atoms with Gasteiger partial charge in [0.15, 0.2) is 0 Å². The molecule has 1 heterocycles. The molecule has 1 aliphatic heterocycles. The van der Waals surface area contributed by atoms with Crippen LogP contribution in [0.5, 0.6) is 0 Å². The molecule has 0 aromatic heterocycles. The second-order valence-electron chi connectivity index (χ2n) is 7.18. The molecule has 3 unspecified atom stereocenters. The monoisotopic (exact) mass is 296 g/mol. The highest BCUT2D eigenvalue weighted by molar-refractivity contribution is 5.77. The molecule has 2 amide bonds. The molecular weight excluding hydrogens is 268 g/mol. The highest BCUT2D eigenvalue weighted by Gasteiger charge is 2.38. The molecule has 0 aromatic rings. The molecule has 1 aliphatic carbocycles. The lowest BCUT2D eigenvalue weighted by molar-refractivity contribution is -0.150. The Balaban J connectivity index is 1.86. The summed E-state index contributed by atoms with van der Waals surface area (Å²) in [6.07, 6.45) is 4.54. The topological polar surface area (TPSA) is 69.6 Å². The average molecular weight is 296 g/mol. The minimum atomic E-state index is -0.753. The number of aliphatic carboxylic acids is 1. The van der Waals surface area contributed by atoms with Crippen LogP contribution in [0.15, 0.2) is 0 Å². The third kappa shape index (κ3) is 3.50. The van der Waals surface area contributed by atoms with E-state index in [4.69, 9.17) is 0 Å². The highest BCUT2D eigenvalue weighted by Crippen LogP contribution is 2.32. The quantitative estimate of drug-likeness (QED) is 0.823. The Labute approximate surface area is 127 Å². The van der Waals surface area contributed by atoms with Gasteiger partial charge in [0.25, 0.3) is 0 Å². The summed E-state index contributed by atoms with van der Waals surface area (Å²) in [5.41, 5.74) is -0.677. The van der Waals surface area contributed by atoms with Crippen molar-refractivity contribution >= 4 is 12.0 Å². The Morgan fingerprint density at radius 1 is 1.19 bits per heavy atom. The van der Waals surface area contributed by atoms with Gasteiger partial charge in [-0.2, -0.15) is 0 Å². The summed E-state index contributed by atoms with van der Waals surface area (Å²) in [5.74, 6) is 0.412. The molecule has 2 aliphatic rings. The van der Waals surface area contributed by atoms with Gasteiger partial charge in [0, 0.05) is 19.1 Å². The number of urea groups is 1. The van der Waals surface area contributed by atoms with Crippen LogP contribution in [-0.4, -0.2) is 41.1 Å². The third-order valence-corrected chi connectivity index (χ3v) is 5.69. The normalized spacial score (nSPS) is 32.5. The molecule has 3 atom stereocenters. The number of carbonyl (C=O) groups excluding carboxylic acids is 1. The molecule has 21 heavy (non-hydrogen) atoms. The van der Waals surface area contributed by atoms with E-state index in [1.54, 1.807) is 11.8 Å². The molecule has 2 rings (SSSR count). The Bertz CT molecular complexity index is 402. The van der Waals surface area contributed by atoms with Crippen molar-refractivity contribution in [3.05, 3.63) is 0 Å². The minimum Gasteiger partial charge on any atom is -0.481 e. The molecule has 120 valence electrons. The molecule has 2 fully saturated rings. The van der Waals surface area contributed by atoms with Gasteiger partial charge in [-0.15, -0.1) is 0 Å². The molecule has 1 saturated heterocycles. The van der Waals surface area contributed by atoms with Crippen LogP contribution in [0.4, 0.5) is 4.79 Å². The van der Waals surface area contributed by atoms with Crippen LogP contribution in [0, 0.1) is 17.3 Å². The molecule has 2 N–H and O–H groups in total. The number of piperidine rings is 1. The fourth-order valence-corrected chi connectivity index (χ4v) is 3.45. The summed E-state index contributed by atoms with van der Waals surface area (Å²) in [6, 6.07) is 0.238. The first-order valence-corrected chi connectivity index (χ1v) is 8.12. The van der Waals surface area contributed by atoms with Crippen molar-refractivity contribution in [1.82, 2.24) is 10.2 Å². The van der Waals surface area contributed by atoms with Crippen molar-refractivity contribution in [1.29, 1.82) is 0 Å². The van der Waals surface area contributed by atoms with Crippen LogP contribution in [0.1, 0.15) is 52.9 Å². The van der Waals surface area contributed by atoms with E-state index in [9.17, 15) is 14.7 Å². The maximum absolute atomic E-state index is 12.4. The van der Waals surface area contributed by atoms with Crippen LogP contribution in [0.3, 0.4) is 0 Å². The van der Waals surface area contributed by atoms with Crippen molar-refractivity contribution in [2.45, 2.75) is 58.9 Å². The number of amides is 2. The average Bonchev–Trinajstić information content (AvgIpc) is 2.44. The van der Waals surface area contributed by atoms with Gasteiger partial charge in [-0.25, -0.2) is 4.79 Å². The lowest BCUT2D eigenvalue weighted by Gasteiger charge is -2.39. The largest absolute Gasteiger partial charge is 0.481 e. The van der Waals surface area contributed by atoms with Gasteiger partial charge < -0.3 is 15.3 Å². The van der Waals surface area contributed by atoms with Crippen LogP contribution in [0.25, 0.3) is 0 Å². The van der Waals surface area contributed by atoms with Crippen LogP contribution >= 0.6 is 0 Å². The molecule has 0 spiro atoms. The number of nitrogens with one attached hydrogen (secondary N) is 1. The summed E-state index contributed by atoms with van der Waals surface area (Å²) < 4.78 is 0. The molecular formula is C16H28N2O3. The van der Waals surface area contributed by atoms with Gasteiger partial charge in [-0.05, 0) is 38.0 Å². The van der Waals surface area contributed by atoms with E-state index in [1.807, 2.05) is 0 Å². The SMILES string of the molecule is CC1CCCC(NC(=O)N2CCC(C)(C(=O)O)CC2)C1C. The van der Waals surface area contributed by atoms with E-state index in [0.29, 0.717) is 37.8 Å². The number of likely N-dealkylation sites (tertiary alicyclic amines) is 1. The lowest BCUT2D eigenvalue weighted by atomic mass is 9.78. The second-order valence-corrected chi connectivity index (χ2v) is 7.18. The fourth-order valence-electron chi connectivity index (χ4n) is 3.45. The number of hydrogen-bond acceptors (Lipinski definition) is 2. The van der Waals surface area contributed by atoms with E-state index in [2.05, 4.69) is 19.2 Å². The fraction of sp³-hybridized carbons (Fsp3) is 0.875. The Morgan fingerprint density at radius 2 is 1.81 bits per heavy atom. The first-order chi connectivity index (χ1) is 9.83. The van der Waals surface area contributed by atoms with Crippen LogP contribution in [0.2, 0.25) is 0 Å². The Kier molecular flexibility index (Phi) is 4.79. The van der Waals surface area contributed by atoms with Crippen molar-refractivity contribution < 1.29 is 14.7 Å². The summed E-state index contributed by atoms with van der Waals surface area (Å²) in [4.78, 5) is 25.4. The van der Waals surface area contributed by atoms with Crippen molar-refractivity contribution in [3.63, 3.8) is 0 Å². The van der Waals surface area contributed by atoms with Gasteiger partial charge >= 0.3 is 12.0 Å². The second kappa shape index (κ2) is 6.24. The maximum atomic E-state index is 12.4. The van der Waals surface area contributed by atoms with Gasteiger partial charge in [0.1, 0.15) is 0 Å². The molecule has 5 heteroatoms. The predicted octanol–water partition coefficient (Wildman–Crippen LogP) is 2.71. The number of hydrogen-bond donors (Lipinski definition) is 2. The van der Waals surface area contributed by atoms with Gasteiger partial charge in [-0.3, -0.25) is 4.79 Å². The van der Waals surface area contributed by atoms with Gasteiger partial charge in [0.2, 0.25) is 0 Å². The van der Waals surface area contributed by atoms with E-state index in [1.165, 1.54) is 12.8 Å². The summed E-state index contributed by atoms with van der Waals surface area (Å²) in [5, 5.41) is 12.4. The van der Waals surface area contributed by atoms with E-state index < -0.39 is 11.4 Å². The summed E-state index contributed by atoms with van der Waals surface area (Å²) >= 11 is 0. The first kappa shape index (κ1) is 16.1. The number of carbonyl (C=O) groups is 2. The van der Waals surface area contributed by atoms with Crippen molar-refractivity contribution in [3.8, 4) is 0 Å². The zero-order chi connectivity index (χ0) is 15.6. The zero-order valence-electron chi connectivity index (χ0n) is 13.4. The van der Waals surface area contributed by atoms with E-state index in [-0.39, 0.29) is 12.1 Å². The maximum Gasteiger partial charge on any atom is 0.317 e. The van der Waals surface area contributed by atoms with Crippen molar-refractivity contribution in [2.75, 3.05) is 13.1 Å². The van der Waals surface area contributed by atoms with Gasteiger partial charge in [-0.1, -0.05) is 26.7 Å². The Hall–Kier alpha value is -1.26. The van der Waals surface area contributed by atoms with E-state index in [0.717, 1.165) is 6.42 Å². The predicted molar refractivity (Wildman–Crippen MR) is 81.0 cm³/mol. The molecule has 0 bridgehead atoms. The van der Waals surface area contributed by atoms with Gasteiger partial charge in [0.05, 0.1) is 5.41 Å². The van der Waals surface area contributed by atoms with Crippen LogP contribution < -0.4 is 5.32 Å². The number of carboxylic acid groups (broad SMARTS) is 1. The Morgan fingerprint density at radius 3 is 2.38 bits per heavy atom. The van der Waals surface area contributed by atoms with Crippen LogP contribution in [-0.2, 0) is 4.79 Å². The van der Waals surface area contributed by atoms with E-state index >= 15 is 0 Å². The third-order valence-electron chi connectivity index (χ3n) is 5.69. The minimum absolute atomic E-state index is 0.0200. The zero-order valence-corrected chi connectivity index (χ0v) is 13.4. The highest BCUT2D eigenvalue weighted by atomic mass is 16.4. The molecule has 1 saturated carbocycles. The standard InChI is InChI=1S/C16H28N2O3/c1-11-5-4-6-13(12(11)2)17-15(21)18-9-7-16(3,8-10-18)14(19)20/h11-13H,4-10H2,1-3H3,(H,17,21)(H,19,20). The lowest BCUT2D eigenvalue weighted by Crippen LogP contribution is -2.53.